The summed E-state index contributed by atoms with van der Waals surface area (Å²) in [5.41, 5.74) is -2.16. The molecule has 3 saturated heterocycles. The molecule has 7 rings (SSSR count). The molecule has 0 radical (unpaired) electrons. The standard InChI is InChI=1S/C43H72O13/c1-21-31(45)33(47)35(49)36(52-21)53-24-19-27-40(7)15-13-28(55-37-34(48)32(46)25(54-37)20-51-22(2)44)38(3,4)26(40)12-17-41(27,8)42(9)16-11-23(30(24)42)43(10)18-14-29(56-43)39(5,6)50/h21,23-37,45-50H,11-20H2,1-10H3/t21-,23?,24?,25+,26?,27?,28?,29?,30?,31-,32+,33+,34-,35-,36+,37+,40?,41?,42?,43?/m1/s1. The van der Waals surface area contributed by atoms with Gasteiger partial charge in [0.15, 0.2) is 12.6 Å². The van der Waals surface area contributed by atoms with Crippen LogP contribution in [0.3, 0.4) is 0 Å². The third kappa shape index (κ3) is 6.73. The van der Waals surface area contributed by atoms with Crippen molar-refractivity contribution in [3.63, 3.8) is 0 Å². The molecule has 4 aliphatic carbocycles. The van der Waals surface area contributed by atoms with Crippen molar-refractivity contribution < 1.29 is 63.9 Å². The highest BCUT2D eigenvalue weighted by atomic mass is 16.7. The molecular weight excluding hydrogens is 724 g/mol. The number of ether oxygens (including phenoxy) is 6. The number of aliphatic hydroxyl groups is 6. The van der Waals surface area contributed by atoms with Crippen molar-refractivity contribution >= 4 is 5.97 Å². The van der Waals surface area contributed by atoms with Gasteiger partial charge in [0, 0.05) is 6.92 Å². The lowest BCUT2D eigenvalue weighted by molar-refractivity contribution is -0.332. The second-order valence-electron chi connectivity index (χ2n) is 21.2. The Kier molecular flexibility index (Phi) is 11.2. The molecule has 0 aromatic rings. The number of carbonyl (C=O) groups excluding carboxylic acids is 1. The molecule has 4 saturated carbocycles. The van der Waals surface area contributed by atoms with E-state index in [1.54, 1.807) is 6.92 Å². The summed E-state index contributed by atoms with van der Waals surface area (Å²) in [5.74, 6) is 0.137. The number of rotatable bonds is 8. The Labute approximate surface area is 333 Å². The number of carbonyl (C=O) groups is 1. The van der Waals surface area contributed by atoms with Crippen molar-refractivity contribution in [1.29, 1.82) is 0 Å². The highest BCUT2D eigenvalue weighted by Crippen LogP contribution is 2.76. The molecule has 13 heteroatoms. The van der Waals surface area contributed by atoms with Crippen LogP contribution in [0.5, 0.6) is 0 Å². The van der Waals surface area contributed by atoms with Crippen LogP contribution in [0.25, 0.3) is 0 Å². The van der Waals surface area contributed by atoms with Gasteiger partial charge in [-0.2, -0.15) is 0 Å². The number of hydrogen-bond donors (Lipinski definition) is 6. The Hall–Kier alpha value is -0.970. The Morgan fingerprint density at radius 3 is 2.04 bits per heavy atom. The van der Waals surface area contributed by atoms with E-state index >= 15 is 0 Å². The molecule has 7 fully saturated rings. The molecule has 6 N–H and O–H groups in total. The molecule has 0 aromatic heterocycles. The van der Waals surface area contributed by atoms with Crippen molar-refractivity contribution in [2.75, 3.05) is 6.61 Å². The van der Waals surface area contributed by atoms with E-state index in [9.17, 15) is 35.4 Å². The summed E-state index contributed by atoms with van der Waals surface area (Å²) in [4.78, 5) is 11.4. The van der Waals surface area contributed by atoms with Gasteiger partial charge in [-0.05, 0) is 131 Å². The molecule has 0 amide bonds. The predicted molar refractivity (Wildman–Crippen MR) is 203 cm³/mol. The third-order valence-electron chi connectivity index (χ3n) is 17.4. The summed E-state index contributed by atoms with van der Waals surface area (Å²) < 4.78 is 37.6. The quantitative estimate of drug-likeness (QED) is 0.154. The van der Waals surface area contributed by atoms with E-state index in [1.807, 2.05) is 13.8 Å². The van der Waals surface area contributed by atoms with Gasteiger partial charge in [-0.3, -0.25) is 4.79 Å². The first-order valence-corrected chi connectivity index (χ1v) is 21.4. The molecule has 322 valence electrons. The number of fused-ring (bicyclic) bond motifs is 5. The summed E-state index contributed by atoms with van der Waals surface area (Å²) in [5, 5.41) is 65.3. The molecule has 13 nitrogen and oxygen atoms in total. The first kappa shape index (κ1) is 43.1. The molecule has 11 unspecified atom stereocenters. The van der Waals surface area contributed by atoms with Crippen LogP contribution in [0, 0.1) is 45.3 Å². The number of hydrogen-bond acceptors (Lipinski definition) is 13. The highest BCUT2D eigenvalue weighted by Gasteiger charge is 2.73. The summed E-state index contributed by atoms with van der Waals surface area (Å²) in [6.45, 7) is 20.5. The average Bonchev–Trinajstić information content (AvgIpc) is 3.78. The minimum absolute atomic E-state index is 0.0459. The largest absolute Gasteiger partial charge is 0.463 e. The van der Waals surface area contributed by atoms with Crippen LogP contribution in [-0.2, 0) is 33.2 Å². The Bertz CT molecular complexity index is 1450. The van der Waals surface area contributed by atoms with Gasteiger partial charge in [0.25, 0.3) is 0 Å². The number of esters is 1. The van der Waals surface area contributed by atoms with Crippen molar-refractivity contribution in [1.82, 2.24) is 0 Å². The maximum absolute atomic E-state index is 11.4. The molecule has 7 aliphatic rings. The topological polar surface area (TPSA) is 194 Å². The molecule has 0 bridgehead atoms. The minimum atomic E-state index is -1.42. The maximum atomic E-state index is 11.4. The first-order valence-electron chi connectivity index (χ1n) is 21.4. The first-order chi connectivity index (χ1) is 25.9. The summed E-state index contributed by atoms with van der Waals surface area (Å²) in [7, 11) is 0. The average molecular weight is 797 g/mol. The van der Waals surface area contributed by atoms with E-state index in [0.717, 1.165) is 51.4 Å². The third-order valence-corrected chi connectivity index (χ3v) is 17.4. The minimum Gasteiger partial charge on any atom is -0.463 e. The van der Waals surface area contributed by atoms with Crippen LogP contribution in [-0.4, -0.2) is 128 Å². The fourth-order valence-electron chi connectivity index (χ4n) is 14.0. The molecular formula is C43H72O13. The van der Waals surface area contributed by atoms with Crippen LogP contribution < -0.4 is 0 Å². The number of aliphatic hydroxyl groups excluding tert-OH is 5. The Balaban J connectivity index is 1.19. The van der Waals surface area contributed by atoms with Gasteiger partial charge in [-0.1, -0.05) is 34.6 Å². The predicted octanol–water partition coefficient (Wildman–Crippen LogP) is 3.60. The fraction of sp³-hybridized carbons (Fsp3) is 0.977. The summed E-state index contributed by atoms with van der Waals surface area (Å²) in [6, 6.07) is 0. The molecule has 0 aromatic carbocycles. The van der Waals surface area contributed by atoms with Crippen molar-refractivity contribution in [2.24, 2.45) is 45.3 Å². The van der Waals surface area contributed by atoms with Crippen molar-refractivity contribution in [3.05, 3.63) is 0 Å². The van der Waals surface area contributed by atoms with Gasteiger partial charge in [-0.15, -0.1) is 0 Å². The van der Waals surface area contributed by atoms with E-state index in [4.69, 9.17) is 28.4 Å². The molecule has 20 atom stereocenters. The molecule has 3 aliphatic heterocycles. The van der Waals surface area contributed by atoms with Gasteiger partial charge in [-0.25, -0.2) is 0 Å². The lowest BCUT2D eigenvalue weighted by Gasteiger charge is -2.71. The Morgan fingerprint density at radius 2 is 1.39 bits per heavy atom. The van der Waals surface area contributed by atoms with Crippen molar-refractivity contribution in [3.8, 4) is 0 Å². The normalized spacial score (nSPS) is 54.3. The van der Waals surface area contributed by atoms with Gasteiger partial charge < -0.3 is 59.1 Å². The van der Waals surface area contributed by atoms with E-state index in [-0.39, 0.29) is 70.3 Å². The van der Waals surface area contributed by atoms with Crippen LogP contribution >= 0.6 is 0 Å². The zero-order valence-electron chi connectivity index (χ0n) is 35.3. The Morgan fingerprint density at radius 1 is 0.750 bits per heavy atom. The highest BCUT2D eigenvalue weighted by molar-refractivity contribution is 5.65. The second-order valence-corrected chi connectivity index (χ2v) is 21.2. The maximum Gasteiger partial charge on any atom is 0.302 e. The summed E-state index contributed by atoms with van der Waals surface area (Å²) in [6.07, 6.45) is -3.42. The SMILES string of the molecule is CC(=O)OC[C@@H]1O[C@@H](OC2CCC3(C)C(CCC4(C)C3CC(O[C@@H]3O[C@H](C)[C@@H](O)[C@H](O)[C@H]3O)C3C(C5(C)CCC(C(C)(C)O)O5)CCC34C)C2(C)C)[C@H](O)[C@H]1O. The van der Waals surface area contributed by atoms with Crippen LogP contribution in [0.4, 0.5) is 0 Å². The zero-order chi connectivity index (χ0) is 41.1. The lowest BCUT2D eigenvalue weighted by Crippen LogP contribution is -2.68. The van der Waals surface area contributed by atoms with Gasteiger partial charge in [0.05, 0.1) is 35.6 Å². The van der Waals surface area contributed by atoms with Gasteiger partial charge in [0.2, 0.25) is 0 Å². The molecule has 56 heavy (non-hydrogen) atoms. The molecule has 3 heterocycles. The van der Waals surface area contributed by atoms with Gasteiger partial charge in [0.1, 0.15) is 43.2 Å². The lowest BCUT2D eigenvalue weighted by atomic mass is 9.35. The monoisotopic (exact) mass is 796 g/mol. The second kappa shape index (κ2) is 14.6. The summed E-state index contributed by atoms with van der Waals surface area (Å²) >= 11 is 0. The van der Waals surface area contributed by atoms with Crippen molar-refractivity contribution in [2.45, 2.75) is 212 Å². The van der Waals surface area contributed by atoms with Crippen LogP contribution in [0.15, 0.2) is 0 Å². The van der Waals surface area contributed by atoms with Crippen LogP contribution in [0.2, 0.25) is 0 Å². The zero-order valence-corrected chi connectivity index (χ0v) is 35.3. The van der Waals surface area contributed by atoms with Gasteiger partial charge >= 0.3 is 5.97 Å². The smallest absolute Gasteiger partial charge is 0.302 e. The van der Waals surface area contributed by atoms with Crippen LogP contribution in [0.1, 0.15) is 127 Å². The van der Waals surface area contributed by atoms with E-state index in [0.29, 0.717) is 6.42 Å². The molecule has 0 spiro atoms. The fourth-order valence-corrected chi connectivity index (χ4v) is 14.0. The van der Waals surface area contributed by atoms with E-state index in [2.05, 4.69) is 41.5 Å². The van der Waals surface area contributed by atoms with E-state index in [1.165, 1.54) is 6.92 Å². The van der Waals surface area contributed by atoms with E-state index < -0.39 is 72.5 Å².